The van der Waals surface area contributed by atoms with Crippen molar-refractivity contribution in [1.82, 2.24) is 10.3 Å². The molecule has 5 nitrogen and oxygen atoms in total. The molecule has 22 heavy (non-hydrogen) atoms. The van der Waals surface area contributed by atoms with Gasteiger partial charge in [0, 0.05) is 17.2 Å². The Morgan fingerprint density at radius 1 is 1.50 bits per heavy atom. The molecule has 0 aliphatic rings. The molecule has 0 saturated carbocycles. The lowest BCUT2D eigenvalue weighted by Crippen LogP contribution is -2.24. The topological polar surface area (TPSA) is 71.5 Å². The molecule has 1 aromatic carbocycles. The number of ether oxygens (including phenoxy) is 1. The van der Waals surface area contributed by atoms with Gasteiger partial charge in [-0.05, 0) is 37.6 Å². The molecule has 6 heteroatoms. The molecular weight excluding hydrogens is 300 g/mol. The zero-order valence-electron chi connectivity index (χ0n) is 12.7. The number of phenolic OH excluding ortho intramolecular Hbond substituents is 1. The second-order valence-corrected chi connectivity index (χ2v) is 5.71. The fourth-order valence-electron chi connectivity index (χ4n) is 1.88. The minimum absolute atomic E-state index is 0.0386. The van der Waals surface area contributed by atoms with Crippen LogP contribution in [0.4, 0.5) is 0 Å². The number of amides is 1. The van der Waals surface area contributed by atoms with Gasteiger partial charge in [-0.1, -0.05) is 6.07 Å². The largest absolute Gasteiger partial charge is 0.504 e. The SMILES string of the molecule is COc1ccc(C=CC(=O)NC(C)c2nc(C)cs2)cc1O. The average Bonchev–Trinajstić information content (AvgIpc) is 2.92. The fraction of sp³-hybridized carbons (Fsp3) is 0.250. The number of methoxy groups -OCH3 is 1. The average molecular weight is 318 g/mol. The summed E-state index contributed by atoms with van der Waals surface area (Å²) in [6.45, 7) is 3.81. The van der Waals surface area contributed by atoms with Crippen molar-refractivity contribution in [2.24, 2.45) is 0 Å². The quantitative estimate of drug-likeness (QED) is 0.831. The summed E-state index contributed by atoms with van der Waals surface area (Å²) in [5, 5.41) is 15.4. The third-order valence-electron chi connectivity index (χ3n) is 3.00. The maximum absolute atomic E-state index is 11.9. The Bertz CT molecular complexity index is 694. The maximum Gasteiger partial charge on any atom is 0.244 e. The van der Waals surface area contributed by atoms with Crippen molar-refractivity contribution in [2.45, 2.75) is 19.9 Å². The number of aromatic nitrogens is 1. The molecule has 0 aliphatic heterocycles. The number of rotatable bonds is 5. The van der Waals surface area contributed by atoms with E-state index in [2.05, 4.69) is 10.3 Å². The molecule has 2 N–H and O–H groups in total. The van der Waals surface area contributed by atoms with E-state index in [1.807, 2.05) is 19.2 Å². The molecule has 0 aliphatic carbocycles. The summed E-state index contributed by atoms with van der Waals surface area (Å²) in [7, 11) is 1.49. The molecule has 1 aromatic heterocycles. The normalized spacial score (nSPS) is 12.3. The van der Waals surface area contributed by atoms with Crippen molar-refractivity contribution in [3.8, 4) is 11.5 Å². The van der Waals surface area contributed by atoms with Crippen molar-refractivity contribution < 1.29 is 14.6 Å². The summed E-state index contributed by atoms with van der Waals surface area (Å²) in [4.78, 5) is 16.3. The number of hydrogen-bond donors (Lipinski definition) is 2. The van der Waals surface area contributed by atoms with Crippen LogP contribution in [0, 0.1) is 6.92 Å². The molecule has 0 fully saturated rings. The monoisotopic (exact) mass is 318 g/mol. The Morgan fingerprint density at radius 2 is 2.27 bits per heavy atom. The summed E-state index contributed by atoms with van der Waals surface area (Å²) >= 11 is 1.52. The van der Waals surface area contributed by atoms with Gasteiger partial charge in [0.05, 0.1) is 13.2 Å². The van der Waals surface area contributed by atoms with E-state index in [4.69, 9.17) is 4.74 Å². The van der Waals surface area contributed by atoms with E-state index in [1.54, 1.807) is 18.2 Å². The van der Waals surface area contributed by atoms with Crippen molar-refractivity contribution in [3.05, 3.63) is 45.9 Å². The Kier molecular flexibility index (Phi) is 5.16. The van der Waals surface area contributed by atoms with Gasteiger partial charge in [-0.15, -0.1) is 11.3 Å². The standard InChI is InChI=1S/C16H18N2O3S/c1-10-9-22-16(17-10)11(2)18-15(20)7-5-12-4-6-14(21-3)13(19)8-12/h4-9,11,19H,1-3H3,(H,18,20). The van der Waals surface area contributed by atoms with Gasteiger partial charge in [0.2, 0.25) is 5.91 Å². The number of carbonyl (C=O) groups excluding carboxylic acids is 1. The summed E-state index contributed by atoms with van der Waals surface area (Å²) < 4.78 is 4.97. The van der Waals surface area contributed by atoms with E-state index in [0.29, 0.717) is 11.3 Å². The lowest BCUT2D eigenvalue weighted by molar-refractivity contribution is -0.117. The number of nitrogens with one attached hydrogen (secondary N) is 1. The minimum Gasteiger partial charge on any atom is -0.504 e. The Morgan fingerprint density at radius 3 is 2.86 bits per heavy atom. The van der Waals surface area contributed by atoms with E-state index >= 15 is 0 Å². The highest BCUT2D eigenvalue weighted by Crippen LogP contribution is 2.26. The van der Waals surface area contributed by atoms with Crippen molar-refractivity contribution in [1.29, 1.82) is 0 Å². The first-order valence-corrected chi connectivity index (χ1v) is 7.65. The first-order chi connectivity index (χ1) is 10.5. The fourth-order valence-corrected chi connectivity index (χ4v) is 2.68. The van der Waals surface area contributed by atoms with Gasteiger partial charge < -0.3 is 15.2 Å². The highest BCUT2D eigenvalue weighted by molar-refractivity contribution is 7.09. The molecule has 0 bridgehead atoms. The van der Waals surface area contributed by atoms with Crippen LogP contribution in [0.1, 0.15) is 29.2 Å². The molecule has 1 unspecified atom stereocenters. The molecule has 2 aromatic rings. The van der Waals surface area contributed by atoms with Crippen LogP contribution in [0.3, 0.4) is 0 Å². The van der Waals surface area contributed by atoms with E-state index in [9.17, 15) is 9.90 Å². The first-order valence-electron chi connectivity index (χ1n) is 6.77. The summed E-state index contributed by atoms with van der Waals surface area (Å²) in [6.07, 6.45) is 3.06. The Hall–Kier alpha value is -2.34. The lowest BCUT2D eigenvalue weighted by Gasteiger charge is -2.09. The maximum atomic E-state index is 11.9. The predicted octanol–water partition coefficient (Wildman–Crippen LogP) is 3.06. The van der Waals surface area contributed by atoms with Crippen LogP contribution < -0.4 is 10.1 Å². The molecule has 1 heterocycles. The molecule has 116 valence electrons. The number of nitrogens with zero attached hydrogens (tertiary/aromatic N) is 1. The van der Waals surface area contributed by atoms with E-state index in [1.165, 1.54) is 30.6 Å². The van der Waals surface area contributed by atoms with Crippen LogP contribution in [0.2, 0.25) is 0 Å². The highest BCUT2D eigenvalue weighted by atomic mass is 32.1. The number of thiazole rings is 1. The van der Waals surface area contributed by atoms with Crippen LogP contribution in [0.25, 0.3) is 6.08 Å². The predicted molar refractivity (Wildman–Crippen MR) is 87.1 cm³/mol. The number of phenols is 1. The Balaban J connectivity index is 1.97. The van der Waals surface area contributed by atoms with Gasteiger partial charge in [-0.25, -0.2) is 4.98 Å². The van der Waals surface area contributed by atoms with Crippen LogP contribution in [0.5, 0.6) is 11.5 Å². The molecule has 2 rings (SSSR count). The smallest absolute Gasteiger partial charge is 0.244 e. The van der Waals surface area contributed by atoms with Gasteiger partial charge in [0.1, 0.15) is 5.01 Å². The highest BCUT2D eigenvalue weighted by Gasteiger charge is 2.10. The van der Waals surface area contributed by atoms with Crippen LogP contribution in [-0.2, 0) is 4.79 Å². The van der Waals surface area contributed by atoms with Gasteiger partial charge >= 0.3 is 0 Å². The van der Waals surface area contributed by atoms with Gasteiger partial charge in [-0.3, -0.25) is 4.79 Å². The molecule has 0 radical (unpaired) electrons. The van der Waals surface area contributed by atoms with Crippen LogP contribution in [-0.4, -0.2) is 23.1 Å². The second kappa shape index (κ2) is 7.09. The van der Waals surface area contributed by atoms with Gasteiger partial charge in [0.25, 0.3) is 0 Å². The zero-order chi connectivity index (χ0) is 16.1. The summed E-state index contributed by atoms with van der Waals surface area (Å²) in [6, 6.07) is 4.81. The summed E-state index contributed by atoms with van der Waals surface area (Å²) in [5.41, 5.74) is 1.66. The van der Waals surface area contributed by atoms with Crippen molar-refractivity contribution in [2.75, 3.05) is 7.11 Å². The molecular formula is C16H18N2O3S. The second-order valence-electron chi connectivity index (χ2n) is 4.82. The number of hydrogen-bond acceptors (Lipinski definition) is 5. The van der Waals surface area contributed by atoms with E-state index in [0.717, 1.165) is 10.7 Å². The Labute approximate surface area is 133 Å². The lowest BCUT2D eigenvalue weighted by atomic mass is 10.2. The van der Waals surface area contributed by atoms with Crippen LogP contribution >= 0.6 is 11.3 Å². The number of benzene rings is 1. The molecule has 1 amide bonds. The van der Waals surface area contributed by atoms with E-state index in [-0.39, 0.29) is 17.7 Å². The number of carbonyl (C=O) groups is 1. The summed E-state index contributed by atoms with van der Waals surface area (Å²) in [5.74, 6) is 0.224. The first kappa shape index (κ1) is 16.0. The van der Waals surface area contributed by atoms with Gasteiger partial charge in [0.15, 0.2) is 11.5 Å². The van der Waals surface area contributed by atoms with Gasteiger partial charge in [-0.2, -0.15) is 0 Å². The third kappa shape index (κ3) is 4.08. The number of aromatic hydroxyl groups is 1. The van der Waals surface area contributed by atoms with Crippen molar-refractivity contribution in [3.63, 3.8) is 0 Å². The van der Waals surface area contributed by atoms with Crippen LogP contribution in [0.15, 0.2) is 29.7 Å². The zero-order valence-corrected chi connectivity index (χ0v) is 13.5. The minimum atomic E-state index is -0.212. The molecule has 1 atom stereocenters. The van der Waals surface area contributed by atoms with E-state index < -0.39 is 0 Å². The third-order valence-corrected chi connectivity index (χ3v) is 4.14. The molecule has 0 saturated heterocycles. The number of aryl methyl sites for hydroxylation is 1. The van der Waals surface area contributed by atoms with Crippen molar-refractivity contribution >= 4 is 23.3 Å². The molecule has 0 spiro atoms.